The molecule has 0 radical (unpaired) electrons. The quantitative estimate of drug-likeness (QED) is 0.780. The second kappa shape index (κ2) is 6.19. The van der Waals surface area contributed by atoms with Crippen LogP contribution in [0.25, 0.3) is 0 Å². The van der Waals surface area contributed by atoms with Gasteiger partial charge in [-0.05, 0) is 18.6 Å². The van der Waals surface area contributed by atoms with E-state index < -0.39 is 6.35 Å². The number of nitrogens with two attached hydrogens (primary N) is 2. The molecule has 1 atom stereocenters. The first-order chi connectivity index (χ1) is 9.22. The number of anilines is 1. The average molecular weight is 261 g/mol. The van der Waals surface area contributed by atoms with Crippen molar-refractivity contribution in [3.05, 3.63) is 30.3 Å². The smallest absolute Gasteiger partial charge is 0.238 e. The van der Waals surface area contributed by atoms with Gasteiger partial charge in [0.05, 0.1) is 6.61 Å². The highest BCUT2D eigenvalue weighted by Gasteiger charge is 2.26. The second-order valence-corrected chi connectivity index (χ2v) is 4.21. The van der Waals surface area contributed by atoms with Crippen LogP contribution >= 0.6 is 0 Å². The second-order valence-electron chi connectivity index (χ2n) is 4.21. The Balaban J connectivity index is 2.19. The van der Waals surface area contributed by atoms with Gasteiger partial charge in [-0.2, -0.15) is 9.98 Å². The zero-order valence-electron chi connectivity index (χ0n) is 11.0. The van der Waals surface area contributed by atoms with E-state index in [2.05, 4.69) is 16.9 Å². The predicted octanol–water partition coefficient (Wildman–Crippen LogP) is 1.24. The molecule has 1 aliphatic rings. The van der Waals surface area contributed by atoms with Crippen molar-refractivity contribution in [1.29, 1.82) is 0 Å². The van der Waals surface area contributed by atoms with Crippen molar-refractivity contribution in [3.8, 4) is 0 Å². The molecule has 0 fully saturated rings. The number of ether oxygens (including phenoxy) is 1. The monoisotopic (exact) mass is 261 g/mol. The highest BCUT2D eigenvalue weighted by atomic mass is 16.5. The number of unbranched alkanes of at least 4 members (excludes halogenated alkanes) is 1. The molecule has 4 N–H and O–H groups in total. The van der Waals surface area contributed by atoms with Gasteiger partial charge in [-0.25, -0.2) is 0 Å². The van der Waals surface area contributed by atoms with Crippen LogP contribution in [0.4, 0.5) is 5.69 Å². The molecule has 102 valence electrons. The van der Waals surface area contributed by atoms with Gasteiger partial charge in [0.15, 0.2) is 0 Å². The molecule has 6 nitrogen and oxygen atoms in total. The number of benzene rings is 1. The van der Waals surface area contributed by atoms with Crippen molar-refractivity contribution in [2.45, 2.75) is 26.1 Å². The molecule has 0 spiro atoms. The number of nitrogens with zero attached hydrogens (tertiary/aromatic N) is 3. The third kappa shape index (κ3) is 3.23. The van der Waals surface area contributed by atoms with E-state index in [1.807, 2.05) is 30.3 Å². The van der Waals surface area contributed by atoms with Crippen molar-refractivity contribution in [2.75, 3.05) is 11.5 Å². The third-order valence-corrected chi connectivity index (χ3v) is 2.74. The predicted molar refractivity (Wildman–Crippen MR) is 76.8 cm³/mol. The molecule has 0 amide bonds. The highest BCUT2D eigenvalue weighted by Crippen LogP contribution is 2.20. The van der Waals surface area contributed by atoms with E-state index in [1.165, 1.54) is 0 Å². The molecule has 0 bridgehead atoms. The Morgan fingerprint density at radius 2 is 2.00 bits per heavy atom. The van der Waals surface area contributed by atoms with Gasteiger partial charge in [-0.1, -0.05) is 31.5 Å². The van der Waals surface area contributed by atoms with Crippen LogP contribution in [-0.4, -0.2) is 24.9 Å². The minimum atomic E-state index is -0.550. The lowest BCUT2D eigenvalue weighted by molar-refractivity contribution is 0.0627. The average Bonchev–Trinajstić information content (AvgIpc) is 2.39. The van der Waals surface area contributed by atoms with Gasteiger partial charge < -0.3 is 16.2 Å². The fraction of sp³-hybridized carbons (Fsp3) is 0.385. The summed E-state index contributed by atoms with van der Waals surface area (Å²) in [7, 11) is 0. The fourth-order valence-corrected chi connectivity index (χ4v) is 1.78. The van der Waals surface area contributed by atoms with E-state index in [-0.39, 0.29) is 5.96 Å². The molecule has 1 aromatic rings. The van der Waals surface area contributed by atoms with Crippen molar-refractivity contribution in [1.82, 2.24) is 0 Å². The van der Waals surface area contributed by atoms with E-state index in [4.69, 9.17) is 16.2 Å². The number of para-hydroxylation sites is 1. The summed E-state index contributed by atoms with van der Waals surface area (Å²) < 4.78 is 5.73. The van der Waals surface area contributed by atoms with Gasteiger partial charge in [-0.3, -0.25) is 4.90 Å². The summed E-state index contributed by atoms with van der Waals surface area (Å²) in [5, 5.41) is 0. The van der Waals surface area contributed by atoms with Crippen LogP contribution in [0, 0.1) is 0 Å². The van der Waals surface area contributed by atoms with Gasteiger partial charge in [0, 0.05) is 5.69 Å². The van der Waals surface area contributed by atoms with Gasteiger partial charge in [0.1, 0.15) is 0 Å². The molecule has 19 heavy (non-hydrogen) atoms. The molecule has 0 saturated carbocycles. The first-order valence-corrected chi connectivity index (χ1v) is 6.35. The summed E-state index contributed by atoms with van der Waals surface area (Å²) >= 11 is 0. The summed E-state index contributed by atoms with van der Waals surface area (Å²) in [5.41, 5.74) is 12.4. The molecule has 1 aliphatic heterocycles. The number of aliphatic imine (C=N–C) groups is 2. The Hall–Kier alpha value is -2.08. The van der Waals surface area contributed by atoms with Crippen molar-refractivity contribution < 1.29 is 4.74 Å². The lowest BCUT2D eigenvalue weighted by Crippen LogP contribution is -2.49. The van der Waals surface area contributed by atoms with Crippen LogP contribution in [0.15, 0.2) is 40.3 Å². The van der Waals surface area contributed by atoms with Crippen LogP contribution < -0.4 is 16.4 Å². The van der Waals surface area contributed by atoms with Gasteiger partial charge in [0.25, 0.3) is 0 Å². The minimum absolute atomic E-state index is 0.145. The largest absolute Gasteiger partial charge is 0.369 e. The SMILES string of the molecule is CCCCOC1N=C(N)N=C(N)N1c1ccccc1. The standard InChI is InChI=1S/C13H19N5O/c1-2-3-9-19-13-17-11(14)16-12(15)18(13)10-7-5-4-6-8-10/h4-8,13H,2-3,9H2,1H3,(H4,14,15,16,17). The maximum absolute atomic E-state index is 5.93. The molecule has 0 aliphatic carbocycles. The number of rotatable bonds is 5. The number of hydrogen-bond acceptors (Lipinski definition) is 6. The van der Waals surface area contributed by atoms with Gasteiger partial charge in [-0.15, -0.1) is 0 Å². The lowest BCUT2D eigenvalue weighted by atomic mass is 10.3. The molecule has 1 heterocycles. The van der Waals surface area contributed by atoms with Gasteiger partial charge >= 0.3 is 0 Å². The fourth-order valence-electron chi connectivity index (χ4n) is 1.78. The van der Waals surface area contributed by atoms with Crippen LogP contribution in [0.3, 0.4) is 0 Å². The number of hydrogen-bond donors (Lipinski definition) is 2. The van der Waals surface area contributed by atoms with E-state index >= 15 is 0 Å². The van der Waals surface area contributed by atoms with E-state index in [0.29, 0.717) is 12.6 Å². The molecule has 1 unspecified atom stereocenters. The summed E-state index contributed by atoms with van der Waals surface area (Å²) in [6, 6.07) is 9.64. The van der Waals surface area contributed by atoms with Gasteiger partial charge in [0.2, 0.25) is 18.3 Å². The van der Waals surface area contributed by atoms with Crippen molar-refractivity contribution >= 4 is 17.6 Å². The minimum Gasteiger partial charge on any atom is -0.369 e. The maximum atomic E-state index is 5.93. The maximum Gasteiger partial charge on any atom is 0.238 e. The Bertz CT molecular complexity index is 471. The van der Waals surface area contributed by atoms with E-state index in [9.17, 15) is 0 Å². The highest BCUT2D eigenvalue weighted by molar-refractivity contribution is 6.04. The zero-order valence-corrected chi connectivity index (χ0v) is 11.0. The molecule has 2 rings (SSSR count). The summed E-state index contributed by atoms with van der Waals surface area (Å²) in [5.74, 6) is 0.436. The van der Waals surface area contributed by atoms with Crippen LogP contribution in [0.5, 0.6) is 0 Å². The van der Waals surface area contributed by atoms with Crippen molar-refractivity contribution in [3.63, 3.8) is 0 Å². The number of guanidine groups is 2. The molecule has 0 saturated heterocycles. The topological polar surface area (TPSA) is 89.2 Å². The van der Waals surface area contributed by atoms with E-state index in [0.717, 1.165) is 18.5 Å². The first kappa shape index (κ1) is 13.4. The zero-order chi connectivity index (χ0) is 13.7. The molecular formula is C13H19N5O. The molecule has 0 aromatic heterocycles. The Labute approximate surface area is 112 Å². The summed E-state index contributed by atoms with van der Waals surface area (Å²) in [6.07, 6.45) is 1.47. The Morgan fingerprint density at radius 3 is 2.68 bits per heavy atom. The molecule has 1 aromatic carbocycles. The van der Waals surface area contributed by atoms with Crippen LogP contribution in [0.1, 0.15) is 19.8 Å². The van der Waals surface area contributed by atoms with Crippen LogP contribution in [0.2, 0.25) is 0 Å². The summed E-state index contributed by atoms with van der Waals surface area (Å²) in [6.45, 7) is 2.71. The Kier molecular flexibility index (Phi) is 4.35. The van der Waals surface area contributed by atoms with Crippen LogP contribution in [-0.2, 0) is 4.74 Å². The van der Waals surface area contributed by atoms with Crippen molar-refractivity contribution in [2.24, 2.45) is 21.5 Å². The first-order valence-electron chi connectivity index (χ1n) is 6.35. The molecular weight excluding hydrogens is 242 g/mol. The third-order valence-electron chi connectivity index (χ3n) is 2.74. The summed E-state index contributed by atoms with van der Waals surface area (Å²) in [4.78, 5) is 9.91. The van der Waals surface area contributed by atoms with E-state index in [1.54, 1.807) is 4.90 Å². The molecule has 6 heteroatoms. The Morgan fingerprint density at radius 1 is 1.26 bits per heavy atom. The normalized spacial score (nSPS) is 19.0. The lowest BCUT2D eigenvalue weighted by Gasteiger charge is -2.31.